The van der Waals surface area contributed by atoms with Crippen LogP contribution in [0.1, 0.15) is 17.5 Å². The molecule has 146 valence electrons. The van der Waals surface area contributed by atoms with Crippen LogP contribution in [-0.2, 0) is 20.6 Å². The van der Waals surface area contributed by atoms with Crippen LogP contribution in [0, 0.1) is 0 Å². The van der Waals surface area contributed by atoms with Gasteiger partial charge in [-0.15, -0.1) is 0 Å². The third-order valence-corrected chi connectivity index (χ3v) is 7.16. The van der Waals surface area contributed by atoms with E-state index in [4.69, 9.17) is 9.57 Å². The van der Waals surface area contributed by atoms with Crippen LogP contribution in [-0.4, -0.2) is 21.2 Å². The molecule has 2 heterocycles. The van der Waals surface area contributed by atoms with Crippen molar-refractivity contribution in [2.75, 3.05) is 11.4 Å². The fourth-order valence-electron chi connectivity index (χ4n) is 4.00. The lowest BCUT2D eigenvalue weighted by atomic mass is 9.94. The Balaban J connectivity index is 1.72. The van der Waals surface area contributed by atoms with E-state index in [1.54, 1.807) is 42.5 Å². The third kappa shape index (κ3) is 2.47. The standard InChI is InChI=1S/C22H18N2O4S/c1-27-20-13-7-6-12-19(20)24-22(17-11-5-8-14-21(17)29(24,25)26)15-18(23-28-22)16-9-3-2-4-10-16/h2-14H,15H2,1H3. The first-order valence-electron chi connectivity index (χ1n) is 9.16. The van der Waals surface area contributed by atoms with Gasteiger partial charge in [-0.2, -0.15) is 0 Å². The van der Waals surface area contributed by atoms with Crippen molar-refractivity contribution in [3.05, 3.63) is 90.0 Å². The largest absolute Gasteiger partial charge is 0.495 e. The highest BCUT2D eigenvalue weighted by atomic mass is 32.2. The van der Waals surface area contributed by atoms with Gasteiger partial charge in [0.25, 0.3) is 15.7 Å². The predicted molar refractivity (Wildman–Crippen MR) is 109 cm³/mol. The van der Waals surface area contributed by atoms with Crippen molar-refractivity contribution in [1.82, 2.24) is 0 Å². The van der Waals surface area contributed by atoms with Gasteiger partial charge in [0, 0.05) is 5.56 Å². The van der Waals surface area contributed by atoms with E-state index < -0.39 is 15.7 Å². The van der Waals surface area contributed by atoms with E-state index in [9.17, 15) is 8.42 Å². The van der Waals surface area contributed by atoms with Crippen LogP contribution in [0.3, 0.4) is 0 Å². The van der Waals surface area contributed by atoms with E-state index in [2.05, 4.69) is 5.16 Å². The highest BCUT2D eigenvalue weighted by molar-refractivity contribution is 7.93. The first-order chi connectivity index (χ1) is 14.1. The maximum Gasteiger partial charge on any atom is 0.268 e. The van der Waals surface area contributed by atoms with Gasteiger partial charge in [-0.25, -0.2) is 12.7 Å². The Morgan fingerprint density at radius 3 is 2.45 bits per heavy atom. The first-order valence-corrected chi connectivity index (χ1v) is 10.6. The molecule has 0 fully saturated rings. The van der Waals surface area contributed by atoms with Crippen molar-refractivity contribution in [3.63, 3.8) is 0 Å². The van der Waals surface area contributed by atoms with E-state index in [1.165, 1.54) is 11.4 Å². The predicted octanol–water partition coefficient (Wildman–Crippen LogP) is 3.88. The second-order valence-electron chi connectivity index (χ2n) is 6.89. The van der Waals surface area contributed by atoms with E-state index in [-0.39, 0.29) is 11.3 Å². The lowest BCUT2D eigenvalue weighted by Gasteiger charge is -2.33. The Bertz CT molecular complexity index is 1220. The van der Waals surface area contributed by atoms with Crippen molar-refractivity contribution in [2.45, 2.75) is 17.0 Å². The number of para-hydroxylation sites is 2. The maximum absolute atomic E-state index is 13.6. The normalized spacial score (nSPS) is 21.6. The molecule has 0 N–H and O–H groups in total. The Morgan fingerprint density at radius 2 is 1.66 bits per heavy atom. The van der Waals surface area contributed by atoms with Gasteiger partial charge in [0.05, 0.1) is 29.8 Å². The minimum atomic E-state index is -3.87. The van der Waals surface area contributed by atoms with E-state index in [1.807, 2.05) is 36.4 Å². The Labute approximate surface area is 169 Å². The summed E-state index contributed by atoms with van der Waals surface area (Å²) in [6.07, 6.45) is 0.283. The van der Waals surface area contributed by atoms with Crippen LogP contribution in [0.2, 0.25) is 0 Å². The molecule has 5 rings (SSSR count). The van der Waals surface area contributed by atoms with Crippen molar-refractivity contribution >= 4 is 21.4 Å². The second kappa shape index (κ2) is 6.35. The highest BCUT2D eigenvalue weighted by Crippen LogP contribution is 2.53. The number of methoxy groups -OCH3 is 1. The molecule has 7 heteroatoms. The zero-order valence-corrected chi connectivity index (χ0v) is 16.5. The lowest BCUT2D eigenvalue weighted by Crippen LogP contribution is -2.44. The van der Waals surface area contributed by atoms with Crippen molar-refractivity contribution in [3.8, 4) is 5.75 Å². The molecule has 6 nitrogen and oxygen atoms in total. The number of rotatable bonds is 3. The highest BCUT2D eigenvalue weighted by Gasteiger charge is 2.60. The molecule has 0 aromatic heterocycles. The zero-order valence-electron chi connectivity index (χ0n) is 15.6. The minimum Gasteiger partial charge on any atom is -0.495 e. The van der Waals surface area contributed by atoms with Crippen LogP contribution in [0.4, 0.5) is 5.69 Å². The molecular weight excluding hydrogens is 388 g/mol. The molecule has 1 atom stereocenters. The Hall–Kier alpha value is -3.32. The molecule has 0 saturated heterocycles. The monoisotopic (exact) mass is 406 g/mol. The van der Waals surface area contributed by atoms with E-state index >= 15 is 0 Å². The van der Waals surface area contributed by atoms with E-state index in [0.29, 0.717) is 22.7 Å². The third-order valence-electron chi connectivity index (χ3n) is 5.28. The summed E-state index contributed by atoms with van der Waals surface area (Å²) >= 11 is 0. The smallest absolute Gasteiger partial charge is 0.268 e. The SMILES string of the molecule is COc1ccccc1N1C2(CC(c3ccccc3)=NO2)c2ccccc2S1(=O)=O. The van der Waals surface area contributed by atoms with Crippen LogP contribution in [0.15, 0.2) is 88.9 Å². The summed E-state index contributed by atoms with van der Waals surface area (Å²) in [5, 5.41) is 4.31. The molecule has 1 spiro atoms. The van der Waals surface area contributed by atoms with Crippen LogP contribution in [0.25, 0.3) is 0 Å². The number of nitrogens with zero attached hydrogens (tertiary/aromatic N) is 2. The molecule has 1 unspecified atom stereocenters. The summed E-state index contributed by atoms with van der Waals surface area (Å²) in [5.41, 5.74) is 1.27. The van der Waals surface area contributed by atoms with Gasteiger partial charge >= 0.3 is 0 Å². The fraction of sp³-hybridized carbons (Fsp3) is 0.136. The lowest BCUT2D eigenvalue weighted by molar-refractivity contribution is -0.0113. The van der Waals surface area contributed by atoms with Crippen LogP contribution in [0.5, 0.6) is 5.75 Å². The Morgan fingerprint density at radius 1 is 0.966 bits per heavy atom. The van der Waals surface area contributed by atoms with Gasteiger partial charge in [0.2, 0.25) is 0 Å². The molecular formula is C22H18N2O4S. The second-order valence-corrected chi connectivity index (χ2v) is 8.65. The van der Waals surface area contributed by atoms with Crippen molar-refractivity contribution in [1.29, 1.82) is 0 Å². The Kier molecular flexibility index (Phi) is 3.89. The van der Waals surface area contributed by atoms with Gasteiger partial charge in [0.1, 0.15) is 5.75 Å². The quantitative estimate of drug-likeness (QED) is 0.662. The molecule has 0 amide bonds. The molecule has 2 aliphatic heterocycles. The summed E-state index contributed by atoms with van der Waals surface area (Å²) < 4.78 is 34.0. The molecule has 0 aliphatic carbocycles. The number of fused-ring (bicyclic) bond motifs is 2. The fourth-order valence-corrected chi connectivity index (χ4v) is 5.95. The number of anilines is 1. The summed E-state index contributed by atoms with van der Waals surface area (Å²) in [7, 11) is -2.36. The average Bonchev–Trinajstić information content (AvgIpc) is 3.27. The molecule has 0 radical (unpaired) electrons. The van der Waals surface area contributed by atoms with Gasteiger partial charge in [-0.3, -0.25) is 0 Å². The molecule has 0 bridgehead atoms. The summed E-state index contributed by atoms with van der Waals surface area (Å²) in [5.74, 6) is 0.444. The average molecular weight is 406 g/mol. The number of oxime groups is 1. The van der Waals surface area contributed by atoms with Crippen LogP contribution >= 0.6 is 0 Å². The number of sulfonamides is 1. The number of hydrogen-bond acceptors (Lipinski definition) is 5. The molecule has 0 saturated carbocycles. The number of benzene rings is 3. The van der Waals surface area contributed by atoms with Gasteiger partial charge < -0.3 is 9.57 Å². The summed E-state index contributed by atoms with van der Waals surface area (Å²) in [6.45, 7) is 0. The first kappa shape index (κ1) is 17.8. The molecule has 2 aliphatic rings. The van der Waals surface area contributed by atoms with Gasteiger partial charge in [0.15, 0.2) is 0 Å². The van der Waals surface area contributed by atoms with Crippen molar-refractivity contribution in [2.24, 2.45) is 5.16 Å². The summed E-state index contributed by atoms with van der Waals surface area (Å²) in [4.78, 5) is 6.19. The van der Waals surface area contributed by atoms with Crippen molar-refractivity contribution < 1.29 is 18.0 Å². The molecule has 3 aromatic rings. The molecule has 3 aromatic carbocycles. The van der Waals surface area contributed by atoms with Gasteiger partial charge in [-0.1, -0.05) is 65.8 Å². The number of hydrogen-bond donors (Lipinski definition) is 0. The zero-order chi connectivity index (χ0) is 20.1. The molecule has 29 heavy (non-hydrogen) atoms. The van der Waals surface area contributed by atoms with E-state index in [0.717, 1.165) is 5.56 Å². The van der Waals surface area contributed by atoms with Crippen LogP contribution < -0.4 is 9.04 Å². The summed E-state index contributed by atoms with van der Waals surface area (Å²) in [6, 6.07) is 23.6. The van der Waals surface area contributed by atoms with Gasteiger partial charge in [-0.05, 0) is 23.8 Å². The minimum absolute atomic E-state index is 0.218. The maximum atomic E-state index is 13.6. The number of ether oxygens (including phenoxy) is 1. The topological polar surface area (TPSA) is 68.2 Å².